The Bertz CT molecular complexity index is 1030. The van der Waals surface area contributed by atoms with Crippen molar-refractivity contribution in [2.24, 2.45) is 0 Å². The van der Waals surface area contributed by atoms with Gasteiger partial charge in [-0.05, 0) is 56.2 Å². The van der Waals surface area contributed by atoms with Gasteiger partial charge in [0.1, 0.15) is 5.75 Å². The van der Waals surface area contributed by atoms with E-state index in [0.29, 0.717) is 17.0 Å². The summed E-state index contributed by atoms with van der Waals surface area (Å²) in [6.07, 6.45) is 0. The van der Waals surface area contributed by atoms with E-state index in [1.807, 2.05) is 39.0 Å². The zero-order valence-electron chi connectivity index (χ0n) is 14.6. The Morgan fingerprint density at radius 1 is 1.12 bits per heavy atom. The molecule has 2 aromatic carbocycles. The Morgan fingerprint density at radius 3 is 2.38 bits per heavy atom. The molecule has 0 bridgehead atoms. The second kappa shape index (κ2) is 7.07. The van der Waals surface area contributed by atoms with Crippen LogP contribution in [0.15, 0.2) is 41.2 Å². The van der Waals surface area contributed by atoms with Gasteiger partial charge in [0.15, 0.2) is 0 Å². The third-order valence-corrected chi connectivity index (χ3v) is 3.74. The molecule has 26 heavy (non-hydrogen) atoms. The Balaban J connectivity index is 1.88. The van der Waals surface area contributed by atoms with Gasteiger partial charge < -0.3 is 10.1 Å². The summed E-state index contributed by atoms with van der Waals surface area (Å²) in [6.45, 7) is 5.84. The number of nitriles is 1. The molecule has 130 valence electrons. The van der Waals surface area contributed by atoms with Crippen molar-refractivity contribution >= 4 is 11.6 Å². The van der Waals surface area contributed by atoms with Crippen LogP contribution in [0.3, 0.4) is 0 Å². The van der Waals surface area contributed by atoms with E-state index in [4.69, 9.17) is 10.00 Å². The highest BCUT2D eigenvalue weighted by Crippen LogP contribution is 2.27. The van der Waals surface area contributed by atoms with E-state index in [1.54, 1.807) is 24.3 Å². The summed E-state index contributed by atoms with van der Waals surface area (Å²) < 4.78 is 5.76. The monoisotopic (exact) mass is 347 g/mol. The molecule has 0 radical (unpaired) electrons. The van der Waals surface area contributed by atoms with Crippen molar-refractivity contribution in [1.29, 1.82) is 5.26 Å². The average molecular weight is 347 g/mol. The normalized spacial score (nSPS) is 10.2. The molecular formula is C19H17N5O2. The van der Waals surface area contributed by atoms with Crippen LogP contribution in [0.25, 0.3) is 0 Å². The number of H-pyrrole nitrogens is 1. The van der Waals surface area contributed by atoms with Crippen LogP contribution in [0, 0.1) is 32.1 Å². The summed E-state index contributed by atoms with van der Waals surface area (Å²) in [5.41, 5.74) is 3.67. The van der Waals surface area contributed by atoms with Crippen molar-refractivity contribution in [2.75, 3.05) is 5.32 Å². The number of ether oxygens (including phenoxy) is 1. The molecule has 3 aromatic rings. The van der Waals surface area contributed by atoms with E-state index in [1.165, 1.54) is 0 Å². The fourth-order valence-corrected chi connectivity index (χ4v) is 2.63. The number of anilines is 2. The summed E-state index contributed by atoms with van der Waals surface area (Å²) in [6, 6.07) is 12.8. The van der Waals surface area contributed by atoms with Gasteiger partial charge in [0.05, 0.1) is 11.6 Å². The van der Waals surface area contributed by atoms with E-state index < -0.39 is 5.56 Å². The maximum absolute atomic E-state index is 12.0. The number of nitrogens with zero attached hydrogens (tertiary/aromatic N) is 3. The highest BCUT2D eigenvalue weighted by atomic mass is 16.5. The Hall–Kier alpha value is -3.66. The lowest BCUT2D eigenvalue weighted by molar-refractivity contribution is 0.445. The van der Waals surface area contributed by atoms with Crippen LogP contribution in [0.2, 0.25) is 0 Å². The highest BCUT2D eigenvalue weighted by molar-refractivity contribution is 5.55. The van der Waals surface area contributed by atoms with Crippen LogP contribution in [0.1, 0.15) is 22.3 Å². The molecule has 0 atom stereocenters. The Kier molecular flexibility index (Phi) is 4.67. The summed E-state index contributed by atoms with van der Waals surface area (Å²) >= 11 is 0. The highest BCUT2D eigenvalue weighted by Gasteiger charge is 2.12. The predicted octanol–water partition coefficient (Wildman–Crippen LogP) is 3.50. The molecule has 0 saturated carbocycles. The number of aryl methyl sites for hydroxylation is 3. The van der Waals surface area contributed by atoms with Crippen LogP contribution in [0.4, 0.5) is 11.6 Å². The molecule has 1 aromatic heterocycles. The lowest BCUT2D eigenvalue weighted by Gasteiger charge is -2.12. The molecule has 0 aliphatic heterocycles. The molecule has 0 aliphatic rings. The van der Waals surface area contributed by atoms with Crippen molar-refractivity contribution < 1.29 is 4.74 Å². The number of nitrogens with one attached hydrogen (secondary N) is 2. The van der Waals surface area contributed by atoms with Crippen LogP contribution in [-0.4, -0.2) is 15.2 Å². The molecule has 7 nitrogen and oxygen atoms in total. The molecule has 0 unspecified atom stereocenters. The van der Waals surface area contributed by atoms with Gasteiger partial charge in [0, 0.05) is 5.69 Å². The number of aromatic nitrogens is 3. The first-order valence-electron chi connectivity index (χ1n) is 7.96. The maximum Gasteiger partial charge on any atom is 0.327 e. The first-order chi connectivity index (χ1) is 12.5. The first-order valence-corrected chi connectivity index (χ1v) is 7.96. The third-order valence-electron chi connectivity index (χ3n) is 3.74. The standard InChI is InChI=1S/C19H17N5O2/c1-11-8-12(2)16(13(3)9-11)26-18-17(25)23-24-19(22-18)21-15-6-4-14(10-20)5-7-15/h4-9H,1-3H3,(H,23,25)(H,21,22,24). The molecule has 0 saturated heterocycles. The SMILES string of the molecule is Cc1cc(C)c(Oc2nc(Nc3ccc(C#N)cc3)n[nH]c2=O)c(C)c1. The predicted molar refractivity (Wildman–Crippen MR) is 97.8 cm³/mol. The Labute approximate surface area is 150 Å². The van der Waals surface area contributed by atoms with Gasteiger partial charge in [-0.3, -0.25) is 4.79 Å². The van der Waals surface area contributed by atoms with Crippen LogP contribution < -0.4 is 15.6 Å². The lowest BCUT2D eigenvalue weighted by atomic mass is 10.1. The molecule has 2 N–H and O–H groups in total. The quantitative estimate of drug-likeness (QED) is 0.748. The summed E-state index contributed by atoms with van der Waals surface area (Å²) in [5.74, 6) is 0.696. The van der Waals surface area contributed by atoms with Crippen molar-refractivity contribution in [3.8, 4) is 17.7 Å². The number of rotatable bonds is 4. The first kappa shape index (κ1) is 17.2. The van der Waals surface area contributed by atoms with Gasteiger partial charge in [0.25, 0.3) is 5.88 Å². The zero-order chi connectivity index (χ0) is 18.7. The van der Waals surface area contributed by atoms with Crippen molar-refractivity contribution in [1.82, 2.24) is 15.2 Å². The molecule has 7 heteroatoms. The molecule has 3 rings (SSSR count). The van der Waals surface area contributed by atoms with Crippen LogP contribution in [-0.2, 0) is 0 Å². The van der Waals surface area contributed by atoms with Gasteiger partial charge in [0.2, 0.25) is 5.95 Å². The smallest absolute Gasteiger partial charge is 0.327 e. The molecule has 0 aliphatic carbocycles. The van der Waals surface area contributed by atoms with Crippen LogP contribution >= 0.6 is 0 Å². The fourth-order valence-electron chi connectivity index (χ4n) is 2.63. The fraction of sp³-hybridized carbons (Fsp3) is 0.158. The van der Waals surface area contributed by atoms with Gasteiger partial charge in [-0.15, -0.1) is 5.10 Å². The molecule has 0 amide bonds. The zero-order valence-corrected chi connectivity index (χ0v) is 14.6. The molecule has 0 fully saturated rings. The number of hydrogen-bond acceptors (Lipinski definition) is 6. The molecule has 1 heterocycles. The van der Waals surface area contributed by atoms with E-state index >= 15 is 0 Å². The van der Waals surface area contributed by atoms with Crippen molar-refractivity contribution in [3.05, 3.63) is 69.0 Å². The number of aromatic amines is 1. The van der Waals surface area contributed by atoms with Crippen molar-refractivity contribution in [3.63, 3.8) is 0 Å². The van der Waals surface area contributed by atoms with Crippen molar-refractivity contribution in [2.45, 2.75) is 20.8 Å². The summed E-state index contributed by atoms with van der Waals surface area (Å²) in [5, 5.41) is 18.0. The van der Waals surface area contributed by atoms with Gasteiger partial charge >= 0.3 is 5.56 Å². The lowest BCUT2D eigenvalue weighted by Crippen LogP contribution is -2.15. The second-order valence-corrected chi connectivity index (χ2v) is 5.94. The van der Waals surface area contributed by atoms with Crippen LogP contribution in [0.5, 0.6) is 11.6 Å². The van der Waals surface area contributed by atoms with E-state index in [-0.39, 0.29) is 11.8 Å². The van der Waals surface area contributed by atoms with Gasteiger partial charge in [-0.1, -0.05) is 17.7 Å². The third kappa shape index (κ3) is 3.70. The minimum atomic E-state index is -0.519. The number of benzene rings is 2. The molecule has 0 spiro atoms. The molecular weight excluding hydrogens is 330 g/mol. The Morgan fingerprint density at radius 2 is 1.77 bits per heavy atom. The van der Waals surface area contributed by atoms with E-state index in [9.17, 15) is 4.79 Å². The maximum atomic E-state index is 12.0. The second-order valence-electron chi connectivity index (χ2n) is 5.94. The van der Waals surface area contributed by atoms with E-state index in [0.717, 1.165) is 16.7 Å². The number of hydrogen-bond donors (Lipinski definition) is 2. The summed E-state index contributed by atoms with van der Waals surface area (Å²) in [7, 11) is 0. The minimum Gasteiger partial charge on any atom is -0.434 e. The minimum absolute atomic E-state index is 0.0915. The average Bonchev–Trinajstić information content (AvgIpc) is 2.61. The topological polar surface area (TPSA) is 104 Å². The summed E-state index contributed by atoms with van der Waals surface area (Å²) in [4.78, 5) is 16.2. The largest absolute Gasteiger partial charge is 0.434 e. The van der Waals surface area contributed by atoms with Gasteiger partial charge in [-0.25, -0.2) is 5.10 Å². The van der Waals surface area contributed by atoms with Gasteiger partial charge in [-0.2, -0.15) is 10.2 Å². The van der Waals surface area contributed by atoms with E-state index in [2.05, 4.69) is 20.5 Å².